The highest BCUT2D eigenvalue weighted by Gasteiger charge is 2.29. The molecule has 1 amide bonds. The number of rotatable bonds is 2. The number of carbonyl (C=O) groups excluding carboxylic acids is 2. The Bertz CT molecular complexity index is 819. The lowest BCUT2D eigenvalue weighted by molar-refractivity contribution is 0.0351. The average molecular weight is 321 g/mol. The molecule has 0 aromatic heterocycles. The number of amides is 1. The van der Waals surface area contributed by atoms with Crippen molar-refractivity contribution < 1.29 is 14.3 Å². The fraction of sp³-hybridized carbons (Fsp3) is 0.300. The van der Waals surface area contributed by atoms with Gasteiger partial charge in [-0.2, -0.15) is 0 Å². The van der Waals surface area contributed by atoms with Gasteiger partial charge in [0, 0.05) is 36.9 Å². The maximum Gasteiger partial charge on any atom is 0.253 e. The number of ketones is 1. The Morgan fingerprint density at radius 3 is 2.38 bits per heavy atom. The summed E-state index contributed by atoms with van der Waals surface area (Å²) in [7, 11) is 1.71. The SMILES string of the molecule is COC1CCN(C(=O)c2ccc3c(c2)C(=O)c2ccccc2-3)CC1. The largest absolute Gasteiger partial charge is 0.381 e. The number of methoxy groups -OCH3 is 1. The highest BCUT2D eigenvalue weighted by Crippen LogP contribution is 2.36. The predicted octanol–water partition coefficient (Wildman–Crippen LogP) is 3.15. The van der Waals surface area contributed by atoms with E-state index < -0.39 is 0 Å². The Balaban J connectivity index is 1.61. The first-order valence-electron chi connectivity index (χ1n) is 8.29. The van der Waals surface area contributed by atoms with Crippen molar-refractivity contribution in [3.8, 4) is 11.1 Å². The van der Waals surface area contributed by atoms with E-state index >= 15 is 0 Å². The minimum atomic E-state index is -0.00360. The van der Waals surface area contributed by atoms with Crippen molar-refractivity contribution in [2.45, 2.75) is 18.9 Å². The van der Waals surface area contributed by atoms with Gasteiger partial charge in [0.25, 0.3) is 5.91 Å². The summed E-state index contributed by atoms with van der Waals surface area (Å²) in [6.45, 7) is 1.39. The van der Waals surface area contributed by atoms with Crippen molar-refractivity contribution in [3.63, 3.8) is 0 Å². The summed E-state index contributed by atoms with van der Waals surface area (Å²) in [5.41, 5.74) is 3.82. The molecule has 1 heterocycles. The van der Waals surface area contributed by atoms with Crippen LogP contribution in [-0.2, 0) is 4.74 Å². The monoisotopic (exact) mass is 321 g/mol. The van der Waals surface area contributed by atoms with Crippen molar-refractivity contribution in [1.82, 2.24) is 4.90 Å². The number of benzene rings is 2. The molecule has 4 nitrogen and oxygen atoms in total. The smallest absolute Gasteiger partial charge is 0.253 e. The molecule has 2 aliphatic rings. The van der Waals surface area contributed by atoms with Crippen LogP contribution in [0.4, 0.5) is 0 Å². The molecule has 0 N–H and O–H groups in total. The standard InChI is InChI=1S/C20H19NO3/c1-24-14-8-10-21(11-9-14)20(23)13-6-7-16-15-4-2-3-5-17(15)19(22)18(16)12-13/h2-7,12,14H,8-11H2,1H3. The molecule has 1 aliphatic heterocycles. The maximum absolute atomic E-state index is 12.7. The zero-order chi connectivity index (χ0) is 16.7. The van der Waals surface area contributed by atoms with Crippen LogP contribution in [0.15, 0.2) is 42.5 Å². The van der Waals surface area contributed by atoms with Crippen LogP contribution in [0.25, 0.3) is 11.1 Å². The van der Waals surface area contributed by atoms with Crippen molar-refractivity contribution in [3.05, 3.63) is 59.2 Å². The third-order valence-corrected chi connectivity index (χ3v) is 5.04. The van der Waals surface area contributed by atoms with Gasteiger partial charge in [-0.25, -0.2) is 0 Å². The number of carbonyl (C=O) groups is 2. The fourth-order valence-corrected chi connectivity index (χ4v) is 3.64. The first-order chi connectivity index (χ1) is 11.7. The lowest BCUT2D eigenvalue weighted by Gasteiger charge is -2.31. The molecular formula is C20H19NO3. The minimum Gasteiger partial charge on any atom is -0.381 e. The highest BCUT2D eigenvalue weighted by molar-refractivity contribution is 6.22. The van der Waals surface area contributed by atoms with Crippen LogP contribution in [0.1, 0.15) is 39.1 Å². The summed E-state index contributed by atoms with van der Waals surface area (Å²) in [4.78, 5) is 27.2. The van der Waals surface area contributed by atoms with Crippen LogP contribution < -0.4 is 0 Å². The Morgan fingerprint density at radius 2 is 1.67 bits per heavy atom. The third kappa shape index (κ3) is 2.34. The predicted molar refractivity (Wildman–Crippen MR) is 91.2 cm³/mol. The summed E-state index contributed by atoms with van der Waals surface area (Å²) in [6, 6.07) is 13.1. The van der Waals surface area contributed by atoms with E-state index in [0.717, 1.165) is 29.5 Å². The van der Waals surface area contributed by atoms with Crippen molar-refractivity contribution >= 4 is 11.7 Å². The molecule has 0 radical (unpaired) electrons. The molecule has 4 heteroatoms. The first-order valence-corrected chi connectivity index (χ1v) is 8.29. The first kappa shape index (κ1) is 15.1. The van der Waals surface area contributed by atoms with Gasteiger partial charge in [0.2, 0.25) is 0 Å². The molecule has 0 atom stereocenters. The molecule has 1 saturated heterocycles. The van der Waals surface area contributed by atoms with Crippen LogP contribution in [0, 0.1) is 0 Å². The normalized spacial score (nSPS) is 16.9. The van der Waals surface area contributed by atoms with Gasteiger partial charge in [-0.3, -0.25) is 9.59 Å². The van der Waals surface area contributed by atoms with Gasteiger partial charge in [0.15, 0.2) is 5.78 Å². The van der Waals surface area contributed by atoms with Gasteiger partial charge in [-0.05, 0) is 36.1 Å². The molecule has 1 fully saturated rings. The maximum atomic E-state index is 12.7. The van der Waals surface area contributed by atoms with Crippen LogP contribution in [0.2, 0.25) is 0 Å². The van der Waals surface area contributed by atoms with E-state index in [9.17, 15) is 9.59 Å². The van der Waals surface area contributed by atoms with E-state index in [4.69, 9.17) is 4.74 Å². The van der Waals surface area contributed by atoms with E-state index in [-0.39, 0.29) is 17.8 Å². The molecule has 1 aliphatic carbocycles. The van der Waals surface area contributed by atoms with E-state index in [0.29, 0.717) is 24.2 Å². The van der Waals surface area contributed by atoms with Gasteiger partial charge in [0.1, 0.15) is 0 Å². The fourth-order valence-electron chi connectivity index (χ4n) is 3.64. The van der Waals surface area contributed by atoms with Crippen molar-refractivity contribution in [2.75, 3.05) is 20.2 Å². The van der Waals surface area contributed by atoms with E-state index in [1.54, 1.807) is 13.2 Å². The molecule has 0 spiro atoms. The Morgan fingerprint density at radius 1 is 1.00 bits per heavy atom. The van der Waals surface area contributed by atoms with E-state index in [2.05, 4.69) is 0 Å². The molecule has 0 unspecified atom stereocenters. The van der Waals surface area contributed by atoms with Crippen LogP contribution in [0.5, 0.6) is 0 Å². The van der Waals surface area contributed by atoms with Gasteiger partial charge in [0.05, 0.1) is 6.10 Å². The molecule has 4 rings (SSSR count). The lowest BCUT2D eigenvalue weighted by Crippen LogP contribution is -2.40. The van der Waals surface area contributed by atoms with Gasteiger partial charge in [-0.1, -0.05) is 30.3 Å². The topological polar surface area (TPSA) is 46.6 Å². The lowest BCUT2D eigenvalue weighted by atomic mass is 10.0. The minimum absolute atomic E-state index is 0.00360. The number of hydrogen-bond donors (Lipinski definition) is 0. The second-order valence-corrected chi connectivity index (χ2v) is 6.36. The summed E-state index contributed by atoms with van der Waals surface area (Å²) in [6.07, 6.45) is 1.96. The second kappa shape index (κ2) is 5.87. The number of likely N-dealkylation sites (tertiary alicyclic amines) is 1. The number of ether oxygens (including phenoxy) is 1. The Kier molecular flexibility index (Phi) is 3.69. The summed E-state index contributed by atoms with van der Waals surface area (Å²) < 4.78 is 5.35. The van der Waals surface area contributed by atoms with Crippen LogP contribution in [-0.4, -0.2) is 42.9 Å². The Labute approximate surface area is 141 Å². The number of fused-ring (bicyclic) bond motifs is 3. The molecular weight excluding hydrogens is 302 g/mol. The van der Waals surface area contributed by atoms with Gasteiger partial charge >= 0.3 is 0 Å². The summed E-state index contributed by atoms with van der Waals surface area (Å²) in [5, 5.41) is 0. The zero-order valence-corrected chi connectivity index (χ0v) is 13.6. The molecule has 2 aromatic carbocycles. The summed E-state index contributed by atoms with van der Waals surface area (Å²) >= 11 is 0. The Hall–Kier alpha value is -2.46. The number of hydrogen-bond acceptors (Lipinski definition) is 3. The quantitative estimate of drug-likeness (QED) is 0.728. The third-order valence-electron chi connectivity index (χ3n) is 5.04. The molecule has 0 bridgehead atoms. The molecule has 24 heavy (non-hydrogen) atoms. The van der Waals surface area contributed by atoms with Crippen LogP contribution in [0.3, 0.4) is 0 Å². The van der Waals surface area contributed by atoms with Crippen LogP contribution >= 0.6 is 0 Å². The highest BCUT2D eigenvalue weighted by atomic mass is 16.5. The zero-order valence-electron chi connectivity index (χ0n) is 13.6. The molecule has 122 valence electrons. The number of piperidine rings is 1. The van der Waals surface area contributed by atoms with E-state index in [1.807, 2.05) is 41.3 Å². The average Bonchev–Trinajstić information content (AvgIpc) is 2.94. The van der Waals surface area contributed by atoms with E-state index in [1.165, 1.54) is 0 Å². The molecule has 0 saturated carbocycles. The molecule has 2 aromatic rings. The number of nitrogens with zero attached hydrogens (tertiary/aromatic N) is 1. The van der Waals surface area contributed by atoms with Crippen molar-refractivity contribution in [2.24, 2.45) is 0 Å². The second-order valence-electron chi connectivity index (χ2n) is 6.36. The van der Waals surface area contributed by atoms with Crippen molar-refractivity contribution in [1.29, 1.82) is 0 Å². The van der Waals surface area contributed by atoms with Gasteiger partial charge < -0.3 is 9.64 Å². The van der Waals surface area contributed by atoms with Gasteiger partial charge in [-0.15, -0.1) is 0 Å². The summed E-state index contributed by atoms with van der Waals surface area (Å²) in [5.74, 6) is 0.00412.